The summed E-state index contributed by atoms with van der Waals surface area (Å²) in [5.41, 5.74) is 0. The van der Waals surface area contributed by atoms with Gasteiger partial charge in [-0.3, -0.25) is 0 Å². The third-order valence-electron chi connectivity index (χ3n) is 0.0393. The predicted octanol–water partition coefficient (Wildman–Crippen LogP) is -1.43. The number of hydrogen-bond donors (Lipinski definition) is 0. The average molecular weight is 133 g/mol. The van der Waals surface area contributed by atoms with Gasteiger partial charge in [0.05, 0.1) is 28.2 Å². The van der Waals surface area contributed by atoms with E-state index in [1.165, 1.54) is 0 Å². The van der Waals surface area contributed by atoms with Crippen molar-refractivity contribution in [3.05, 3.63) is 0 Å². The summed E-state index contributed by atoms with van der Waals surface area (Å²) in [4.78, 5) is 2.61. The molecule has 0 atom stereocenters. The van der Waals surface area contributed by atoms with Crippen LogP contribution in [0, 0.1) is 0 Å². The molecule has 0 amide bonds. The van der Waals surface area contributed by atoms with Crippen LogP contribution in [-0.2, 0) is 9.51 Å². The third kappa shape index (κ3) is 691. The molecule has 0 spiro atoms. The molecule has 5 heteroatoms. The quantitative estimate of drug-likeness (QED) is 0.190. The number of quaternary nitrogens is 1. The van der Waals surface area contributed by atoms with Crippen molar-refractivity contribution in [2.45, 2.75) is 0 Å². The first kappa shape index (κ1) is 11.4. The van der Waals surface area contributed by atoms with Crippen molar-refractivity contribution in [1.29, 1.82) is 0 Å². The number of hydrogen-bond acceptors (Lipinski definition) is 3. The van der Waals surface area contributed by atoms with Crippen molar-refractivity contribution in [2.24, 2.45) is 0 Å². The average Bonchev–Trinajstić information content (AvgIpc) is 1.61. The number of rotatable bonds is 1. The molecule has 0 aromatic heterocycles. The zero-order chi connectivity index (χ0) is 7.91. The molecule has 0 aliphatic rings. The minimum atomic E-state index is -0.181. The standard InChI is InChI=1S/C4H12N.BHO3/c1-5(2,3)4;2-1-4-3/h1-4H3;3H/q+1;/p-1. The van der Waals surface area contributed by atoms with Crippen LogP contribution in [0.3, 0.4) is 0 Å². The molecule has 0 unspecified atom stereocenters. The van der Waals surface area contributed by atoms with E-state index in [1.807, 2.05) is 0 Å². The van der Waals surface area contributed by atoms with Gasteiger partial charge in [0.15, 0.2) is 0 Å². The van der Waals surface area contributed by atoms with Gasteiger partial charge in [-0.25, -0.2) is 0 Å². The molecule has 54 valence electrons. The first-order valence-corrected chi connectivity index (χ1v) is 2.43. The van der Waals surface area contributed by atoms with Crippen LogP contribution < -0.4 is 5.26 Å². The molecular weight excluding hydrogens is 121 g/mol. The second-order valence-corrected chi connectivity index (χ2v) is 2.88. The van der Waals surface area contributed by atoms with Gasteiger partial charge in [0.1, 0.15) is 0 Å². The van der Waals surface area contributed by atoms with E-state index in [9.17, 15) is 0 Å². The minimum absolute atomic E-state index is 0.181. The van der Waals surface area contributed by atoms with Crippen LogP contribution >= 0.6 is 0 Å². The molecule has 0 fully saturated rings. The molecule has 0 aliphatic carbocycles. The molecule has 0 heterocycles. The topological polar surface area (TPSA) is 49.4 Å². The molecule has 0 saturated heterocycles. The summed E-state index contributed by atoms with van der Waals surface area (Å²) in [5, 5.41) is 8.43. The van der Waals surface area contributed by atoms with Crippen molar-refractivity contribution in [3.63, 3.8) is 0 Å². The Morgan fingerprint density at radius 1 is 1.33 bits per heavy atom. The normalized spacial score (nSPS) is 8.56. The monoisotopic (exact) mass is 133 g/mol. The van der Waals surface area contributed by atoms with E-state index in [4.69, 9.17) is 9.96 Å². The maximum absolute atomic E-state index is 8.64. The van der Waals surface area contributed by atoms with E-state index < -0.39 is 0 Å². The van der Waals surface area contributed by atoms with E-state index in [0.717, 1.165) is 4.48 Å². The molecule has 0 bridgehead atoms. The second kappa shape index (κ2) is 5.72. The van der Waals surface area contributed by atoms with Crippen molar-refractivity contribution in [3.8, 4) is 0 Å². The van der Waals surface area contributed by atoms with E-state index in [-0.39, 0.29) is 7.35 Å². The Balaban J connectivity index is 0. The van der Waals surface area contributed by atoms with E-state index in [2.05, 4.69) is 33.0 Å². The summed E-state index contributed by atoms with van der Waals surface area (Å²) >= 11 is 0. The molecule has 0 rings (SSSR count). The van der Waals surface area contributed by atoms with Crippen molar-refractivity contribution in [2.75, 3.05) is 28.2 Å². The molecular formula is C4H12BNO3. The van der Waals surface area contributed by atoms with Crippen molar-refractivity contribution < 1.29 is 19.3 Å². The van der Waals surface area contributed by atoms with Crippen LogP contribution in [0.2, 0.25) is 0 Å². The Kier molecular flexibility index (Phi) is 7.24. The molecule has 4 nitrogen and oxygen atoms in total. The zero-order valence-electron chi connectivity index (χ0n) is 6.25. The maximum atomic E-state index is 8.64. The summed E-state index contributed by atoms with van der Waals surface area (Å²) in [7, 11) is 8.32. The SMILES string of the molecule is C[N+](C)(C)C.O=BO[O-]. The molecule has 0 saturated carbocycles. The van der Waals surface area contributed by atoms with E-state index in [0.29, 0.717) is 0 Å². The summed E-state index contributed by atoms with van der Waals surface area (Å²) in [6, 6.07) is 0. The fraction of sp³-hybridized carbons (Fsp3) is 1.00. The Labute approximate surface area is 55.8 Å². The van der Waals surface area contributed by atoms with Crippen LogP contribution in [-0.4, -0.2) is 40.0 Å². The van der Waals surface area contributed by atoms with Gasteiger partial charge >= 0.3 is 22.1 Å². The molecule has 0 N–H and O–H groups in total. The molecule has 0 aliphatic heterocycles. The van der Waals surface area contributed by atoms with Crippen molar-refractivity contribution in [1.82, 2.24) is 0 Å². The fourth-order valence-corrected chi connectivity index (χ4v) is 0. The second-order valence-electron chi connectivity index (χ2n) is 2.88. The first-order valence-electron chi connectivity index (χ1n) is 2.43. The summed E-state index contributed by atoms with van der Waals surface area (Å²) in [5.74, 6) is 0. The van der Waals surface area contributed by atoms with Gasteiger partial charge in [0, 0.05) is 0 Å². The number of nitrogens with zero attached hydrogens (tertiary/aromatic N) is 1. The van der Waals surface area contributed by atoms with Gasteiger partial charge in [-0.15, -0.1) is 0 Å². The van der Waals surface area contributed by atoms with Crippen molar-refractivity contribution >= 4 is 7.35 Å². The van der Waals surface area contributed by atoms with Gasteiger partial charge in [-0.2, -0.15) is 0 Å². The zero-order valence-corrected chi connectivity index (χ0v) is 6.25. The van der Waals surface area contributed by atoms with E-state index >= 15 is 0 Å². The van der Waals surface area contributed by atoms with E-state index in [1.54, 1.807) is 0 Å². The van der Waals surface area contributed by atoms with Gasteiger partial charge in [-0.05, 0) is 0 Å². The van der Waals surface area contributed by atoms with Crippen LogP contribution in [0.15, 0.2) is 0 Å². The Bertz CT molecular complexity index is 64.7. The third-order valence-corrected chi connectivity index (χ3v) is 0.0393. The van der Waals surface area contributed by atoms with Gasteiger partial charge in [0.2, 0.25) is 0 Å². The summed E-state index contributed by atoms with van der Waals surface area (Å²) in [6.07, 6.45) is 0. The molecule has 0 aromatic rings. The molecule has 9 heavy (non-hydrogen) atoms. The summed E-state index contributed by atoms with van der Waals surface area (Å²) < 4.78 is 9.64. The van der Waals surface area contributed by atoms with Crippen LogP contribution in [0.4, 0.5) is 0 Å². The Morgan fingerprint density at radius 3 is 1.44 bits per heavy atom. The van der Waals surface area contributed by atoms with Gasteiger partial charge < -0.3 is 4.48 Å². The Morgan fingerprint density at radius 2 is 1.44 bits per heavy atom. The van der Waals surface area contributed by atoms with Crippen LogP contribution in [0.25, 0.3) is 0 Å². The molecule has 0 aromatic carbocycles. The first-order chi connectivity index (χ1) is 3.91. The van der Waals surface area contributed by atoms with Crippen LogP contribution in [0.5, 0.6) is 0 Å². The fourth-order valence-electron chi connectivity index (χ4n) is 0. The summed E-state index contributed by atoms with van der Waals surface area (Å²) in [6.45, 7) is 0. The Hall–Kier alpha value is -0.415. The van der Waals surface area contributed by atoms with Gasteiger partial charge in [0.25, 0.3) is 0 Å². The predicted molar refractivity (Wildman–Crippen MR) is 31.5 cm³/mol. The van der Waals surface area contributed by atoms with Gasteiger partial charge in [-0.1, -0.05) is 0 Å². The van der Waals surface area contributed by atoms with Crippen LogP contribution in [0.1, 0.15) is 0 Å². The molecule has 0 radical (unpaired) electrons.